The van der Waals surface area contributed by atoms with Gasteiger partial charge in [-0.1, -0.05) is 0 Å². The van der Waals surface area contributed by atoms with Gasteiger partial charge in [0.1, 0.15) is 0 Å². The molecule has 3 fully saturated rings. The molecule has 0 unspecified atom stereocenters. The van der Waals surface area contributed by atoms with Crippen LogP contribution in [0.25, 0.3) is 0 Å². The van der Waals surface area contributed by atoms with E-state index in [1.54, 1.807) is 0 Å². The largest absolute Gasteiger partial charge is 0.490 e. The van der Waals surface area contributed by atoms with Crippen molar-refractivity contribution in [1.29, 1.82) is 0 Å². The quantitative estimate of drug-likeness (QED) is 0.861. The van der Waals surface area contributed by atoms with E-state index in [1.165, 1.54) is 38.9 Å². The summed E-state index contributed by atoms with van der Waals surface area (Å²) in [6, 6.07) is 0. The molecule has 0 radical (unpaired) electrons. The molecule has 1 N–H and O–H groups in total. The van der Waals surface area contributed by atoms with Crippen molar-refractivity contribution in [3.63, 3.8) is 0 Å². The summed E-state index contributed by atoms with van der Waals surface area (Å²) < 4.78 is 31.7. The van der Waals surface area contributed by atoms with E-state index in [2.05, 4.69) is 19.8 Å². The molecule has 0 bridgehead atoms. The van der Waals surface area contributed by atoms with Gasteiger partial charge in [0, 0.05) is 38.6 Å². The van der Waals surface area contributed by atoms with Crippen LogP contribution in [0.1, 0.15) is 24.8 Å². The van der Waals surface area contributed by atoms with E-state index in [0.29, 0.717) is 0 Å². The predicted molar refractivity (Wildman–Crippen MR) is 93.4 cm³/mol. The SMILES string of the molecule is Cc1cnc(N2C[C@H]3CCN(CC4CC4)C[C@H]3C2)nc1.O=C(O)C(F)(F)F. The second-order valence-electron chi connectivity index (χ2n) is 7.78. The lowest BCUT2D eigenvalue weighted by Gasteiger charge is -2.34. The zero-order valence-corrected chi connectivity index (χ0v) is 15.3. The molecule has 2 aliphatic heterocycles. The van der Waals surface area contributed by atoms with Crippen molar-refractivity contribution in [2.75, 3.05) is 37.6 Å². The molecule has 150 valence electrons. The Morgan fingerprint density at radius 1 is 1.15 bits per heavy atom. The number of carboxylic acids is 1. The summed E-state index contributed by atoms with van der Waals surface area (Å²) in [5, 5.41) is 7.12. The van der Waals surface area contributed by atoms with E-state index in [9.17, 15) is 13.2 Å². The Labute approximate surface area is 156 Å². The molecule has 0 spiro atoms. The van der Waals surface area contributed by atoms with Gasteiger partial charge in [0.2, 0.25) is 5.95 Å². The number of alkyl halides is 3. The van der Waals surface area contributed by atoms with Gasteiger partial charge in [-0.15, -0.1) is 0 Å². The van der Waals surface area contributed by atoms with E-state index in [-0.39, 0.29) is 0 Å². The predicted octanol–water partition coefficient (Wildman–Crippen LogP) is 2.59. The number of likely N-dealkylation sites (tertiary alicyclic amines) is 1. The van der Waals surface area contributed by atoms with Crippen molar-refractivity contribution in [3.05, 3.63) is 18.0 Å². The molecule has 3 heterocycles. The van der Waals surface area contributed by atoms with Crippen LogP contribution in [-0.4, -0.2) is 64.8 Å². The Bertz CT molecular complexity index is 649. The number of piperidine rings is 1. The highest BCUT2D eigenvalue weighted by Gasteiger charge is 2.39. The summed E-state index contributed by atoms with van der Waals surface area (Å²) in [4.78, 5) is 23.0. The summed E-state index contributed by atoms with van der Waals surface area (Å²) in [5.41, 5.74) is 1.14. The van der Waals surface area contributed by atoms with Crippen molar-refractivity contribution in [2.24, 2.45) is 17.8 Å². The number of fused-ring (bicyclic) bond motifs is 1. The Morgan fingerprint density at radius 2 is 1.74 bits per heavy atom. The lowest BCUT2D eigenvalue weighted by molar-refractivity contribution is -0.192. The number of hydrogen-bond acceptors (Lipinski definition) is 5. The highest BCUT2D eigenvalue weighted by molar-refractivity contribution is 5.73. The fourth-order valence-corrected chi connectivity index (χ4v) is 3.79. The molecule has 6 nitrogen and oxygen atoms in total. The normalized spacial score (nSPS) is 25.6. The van der Waals surface area contributed by atoms with Crippen molar-refractivity contribution >= 4 is 11.9 Å². The van der Waals surface area contributed by atoms with Gasteiger partial charge in [0.15, 0.2) is 0 Å². The molecule has 1 aliphatic carbocycles. The van der Waals surface area contributed by atoms with E-state index < -0.39 is 12.1 Å². The standard InChI is InChI=1S/C16H24N4.C2HF3O2/c1-12-6-17-16(18-7-12)20-10-14-4-5-19(8-13-2-3-13)9-15(14)11-20;3-2(4,5)1(6)7/h6-7,13-15H,2-5,8-11H2,1H3;(H,6,7)/t14-,15+;/m1./s1. The number of aryl methyl sites for hydroxylation is 1. The number of carboxylic acid groups (broad SMARTS) is 1. The first-order valence-corrected chi connectivity index (χ1v) is 9.28. The Balaban J connectivity index is 0.000000260. The van der Waals surface area contributed by atoms with E-state index in [4.69, 9.17) is 9.90 Å². The molecule has 4 rings (SSSR count). The highest BCUT2D eigenvalue weighted by Crippen LogP contribution is 2.35. The summed E-state index contributed by atoms with van der Waals surface area (Å²) in [6.45, 7) is 8.30. The van der Waals surface area contributed by atoms with E-state index in [1.807, 2.05) is 19.3 Å². The first-order valence-electron chi connectivity index (χ1n) is 9.28. The Morgan fingerprint density at radius 3 is 2.30 bits per heavy atom. The molecule has 27 heavy (non-hydrogen) atoms. The van der Waals surface area contributed by atoms with Gasteiger partial charge >= 0.3 is 12.1 Å². The van der Waals surface area contributed by atoms with Gasteiger partial charge in [-0.3, -0.25) is 0 Å². The fraction of sp³-hybridized carbons (Fsp3) is 0.722. The van der Waals surface area contributed by atoms with Crippen LogP contribution >= 0.6 is 0 Å². The topological polar surface area (TPSA) is 69.6 Å². The molecule has 1 aromatic rings. The summed E-state index contributed by atoms with van der Waals surface area (Å²) in [5.74, 6) is 0.874. The first-order chi connectivity index (χ1) is 12.7. The van der Waals surface area contributed by atoms with Gasteiger partial charge in [-0.25, -0.2) is 14.8 Å². The number of carbonyl (C=O) groups is 1. The van der Waals surface area contributed by atoms with Crippen molar-refractivity contribution < 1.29 is 23.1 Å². The highest BCUT2D eigenvalue weighted by atomic mass is 19.4. The van der Waals surface area contributed by atoms with Crippen LogP contribution in [0.3, 0.4) is 0 Å². The molecule has 3 aliphatic rings. The number of nitrogens with zero attached hydrogens (tertiary/aromatic N) is 4. The van der Waals surface area contributed by atoms with Gasteiger partial charge in [-0.05, 0) is 56.0 Å². The second-order valence-corrected chi connectivity index (χ2v) is 7.78. The van der Waals surface area contributed by atoms with Crippen LogP contribution in [-0.2, 0) is 4.79 Å². The molecule has 0 amide bonds. The lowest BCUT2D eigenvalue weighted by atomic mass is 9.88. The Hall–Kier alpha value is -1.90. The van der Waals surface area contributed by atoms with Crippen LogP contribution in [0, 0.1) is 24.7 Å². The number of aliphatic carboxylic acids is 1. The fourth-order valence-electron chi connectivity index (χ4n) is 3.79. The van der Waals surface area contributed by atoms with Crippen LogP contribution in [0.4, 0.5) is 19.1 Å². The van der Waals surface area contributed by atoms with Crippen LogP contribution in [0.2, 0.25) is 0 Å². The molecular formula is C18H25F3N4O2. The molecular weight excluding hydrogens is 361 g/mol. The van der Waals surface area contributed by atoms with E-state index in [0.717, 1.165) is 42.4 Å². The van der Waals surface area contributed by atoms with Gasteiger partial charge < -0.3 is 14.9 Å². The summed E-state index contributed by atoms with van der Waals surface area (Å²) in [7, 11) is 0. The lowest BCUT2D eigenvalue weighted by Crippen LogP contribution is -2.40. The third kappa shape index (κ3) is 5.54. The third-order valence-corrected chi connectivity index (χ3v) is 5.39. The maximum Gasteiger partial charge on any atom is 0.490 e. The zero-order valence-electron chi connectivity index (χ0n) is 15.3. The molecule has 1 aromatic heterocycles. The number of halogens is 3. The van der Waals surface area contributed by atoms with E-state index >= 15 is 0 Å². The number of aromatic nitrogens is 2. The van der Waals surface area contributed by atoms with Crippen molar-refractivity contribution in [1.82, 2.24) is 14.9 Å². The third-order valence-electron chi connectivity index (χ3n) is 5.39. The Kier molecular flexibility index (Phi) is 5.88. The van der Waals surface area contributed by atoms with Crippen molar-refractivity contribution in [2.45, 2.75) is 32.4 Å². The van der Waals surface area contributed by atoms with Crippen LogP contribution in [0.15, 0.2) is 12.4 Å². The van der Waals surface area contributed by atoms with Gasteiger partial charge in [0.25, 0.3) is 0 Å². The molecule has 0 aromatic carbocycles. The minimum absolute atomic E-state index is 0.826. The molecule has 2 saturated heterocycles. The minimum Gasteiger partial charge on any atom is -0.475 e. The maximum absolute atomic E-state index is 10.6. The second kappa shape index (κ2) is 8.00. The number of hydrogen-bond donors (Lipinski definition) is 1. The number of anilines is 1. The molecule has 2 atom stereocenters. The maximum atomic E-state index is 10.6. The monoisotopic (exact) mass is 386 g/mol. The van der Waals surface area contributed by atoms with Crippen molar-refractivity contribution in [3.8, 4) is 0 Å². The van der Waals surface area contributed by atoms with Gasteiger partial charge in [-0.2, -0.15) is 13.2 Å². The molecule has 1 saturated carbocycles. The zero-order chi connectivity index (χ0) is 19.6. The average molecular weight is 386 g/mol. The summed E-state index contributed by atoms with van der Waals surface area (Å²) >= 11 is 0. The molecule has 9 heteroatoms. The smallest absolute Gasteiger partial charge is 0.475 e. The van der Waals surface area contributed by atoms with Crippen LogP contribution < -0.4 is 4.90 Å². The minimum atomic E-state index is -5.08. The first kappa shape index (κ1) is 19.9. The number of rotatable bonds is 3. The summed E-state index contributed by atoms with van der Waals surface area (Å²) in [6.07, 6.45) is 3.08. The van der Waals surface area contributed by atoms with Gasteiger partial charge in [0.05, 0.1) is 0 Å². The van der Waals surface area contributed by atoms with Crippen LogP contribution in [0.5, 0.6) is 0 Å². The average Bonchev–Trinajstić information content (AvgIpc) is 3.31.